The monoisotopic (exact) mass is 394 g/mol. The summed E-state index contributed by atoms with van der Waals surface area (Å²) in [6, 6.07) is 16.9. The number of hydrazine groups is 1. The normalized spacial score (nSPS) is 24.3. The Balaban J connectivity index is 1.48. The number of carbonyl (C=O) groups is 2. The van der Waals surface area contributed by atoms with Gasteiger partial charge in [0.15, 0.2) is 0 Å². The lowest BCUT2D eigenvalue weighted by Crippen LogP contribution is -2.56. The van der Waals surface area contributed by atoms with Crippen LogP contribution in [0.4, 0.5) is 5.69 Å². The second kappa shape index (κ2) is 8.23. The molecule has 7 heteroatoms. The zero-order valence-electron chi connectivity index (χ0n) is 16.7. The molecule has 2 aromatic rings. The molecule has 29 heavy (non-hydrogen) atoms. The van der Waals surface area contributed by atoms with Crippen molar-refractivity contribution in [3.63, 3.8) is 0 Å². The highest BCUT2D eigenvalue weighted by molar-refractivity contribution is 5.98. The molecule has 3 atom stereocenters. The molecule has 2 heterocycles. The lowest BCUT2D eigenvalue weighted by Gasteiger charge is -2.36. The average molecular weight is 394 g/mol. The molecule has 2 saturated heterocycles. The number of benzene rings is 2. The van der Waals surface area contributed by atoms with Crippen LogP contribution in [0.15, 0.2) is 54.6 Å². The van der Waals surface area contributed by atoms with E-state index in [-0.39, 0.29) is 29.7 Å². The fourth-order valence-corrected chi connectivity index (χ4v) is 4.17. The summed E-state index contributed by atoms with van der Waals surface area (Å²) < 4.78 is 5.24. The van der Waals surface area contributed by atoms with E-state index < -0.39 is 0 Å². The number of para-hydroxylation sites is 1. The highest BCUT2D eigenvalue weighted by Gasteiger charge is 2.50. The quantitative estimate of drug-likeness (QED) is 0.802. The van der Waals surface area contributed by atoms with Gasteiger partial charge in [0, 0.05) is 19.6 Å². The zero-order valence-corrected chi connectivity index (χ0v) is 16.7. The maximum absolute atomic E-state index is 13.0. The highest BCUT2D eigenvalue weighted by atomic mass is 16.5. The summed E-state index contributed by atoms with van der Waals surface area (Å²) >= 11 is 0. The van der Waals surface area contributed by atoms with E-state index in [0.717, 1.165) is 17.0 Å². The Morgan fingerprint density at radius 3 is 2.72 bits per heavy atom. The maximum atomic E-state index is 13.0. The number of fused-ring (bicyclic) bond motifs is 1. The van der Waals surface area contributed by atoms with Gasteiger partial charge >= 0.3 is 0 Å². The molecular formula is C22H26N4O3. The Morgan fingerprint density at radius 2 is 1.97 bits per heavy atom. The van der Waals surface area contributed by atoms with Crippen molar-refractivity contribution in [3.05, 3.63) is 60.2 Å². The molecule has 2 fully saturated rings. The van der Waals surface area contributed by atoms with E-state index in [1.165, 1.54) is 0 Å². The standard InChI is InChI=1S/C22H26N4O3/c1-25-13-18(21(27)23-12-15-7-6-10-17(11-15)29-2)20-19(14-25)22(28)26(24-20)16-8-4-3-5-9-16/h3-11,18-20,24H,12-14H2,1-2H3,(H,23,27). The third-order valence-corrected chi connectivity index (χ3v) is 5.65. The number of hydrogen-bond acceptors (Lipinski definition) is 5. The number of piperidine rings is 1. The zero-order chi connectivity index (χ0) is 20.4. The highest BCUT2D eigenvalue weighted by Crippen LogP contribution is 2.31. The number of nitrogens with zero attached hydrogens (tertiary/aromatic N) is 2. The third kappa shape index (κ3) is 3.97. The van der Waals surface area contributed by atoms with Crippen LogP contribution < -0.4 is 20.5 Å². The number of likely N-dealkylation sites (tertiary alicyclic amines) is 1. The number of hydrogen-bond donors (Lipinski definition) is 2. The van der Waals surface area contributed by atoms with E-state index in [1.54, 1.807) is 12.1 Å². The molecule has 0 radical (unpaired) electrons. The minimum atomic E-state index is -0.318. The van der Waals surface area contributed by atoms with E-state index in [4.69, 9.17) is 4.74 Å². The number of rotatable bonds is 5. The van der Waals surface area contributed by atoms with Gasteiger partial charge in [0.25, 0.3) is 0 Å². The van der Waals surface area contributed by atoms with Crippen LogP contribution in [-0.2, 0) is 16.1 Å². The van der Waals surface area contributed by atoms with Crippen molar-refractivity contribution in [3.8, 4) is 5.75 Å². The molecule has 2 N–H and O–H groups in total. The topological polar surface area (TPSA) is 73.9 Å². The second-order valence-corrected chi connectivity index (χ2v) is 7.67. The first kappa shape index (κ1) is 19.4. The van der Waals surface area contributed by atoms with Crippen LogP contribution in [-0.4, -0.2) is 50.0 Å². The largest absolute Gasteiger partial charge is 0.497 e. The van der Waals surface area contributed by atoms with Crippen molar-refractivity contribution in [1.29, 1.82) is 0 Å². The van der Waals surface area contributed by atoms with Crippen molar-refractivity contribution in [2.45, 2.75) is 12.6 Å². The second-order valence-electron chi connectivity index (χ2n) is 7.67. The predicted molar refractivity (Wildman–Crippen MR) is 110 cm³/mol. The number of methoxy groups -OCH3 is 1. The predicted octanol–water partition coefficient (Wildman–Crippen LogP) is 1.41. The van der Waals surface area contributed by atoms with Crippen molar-refractivity contribution in [2.75, 3.05) is 32.3 Å². The van der Waals surface area contributed by atoms with Gasteiger partial charge in [0.2, 0.25) is 11.8 Å². The summed E-state index contributed by atoms with van der Waals surface area (Å²) in [4.78, 5) is 28.1. The molecule has 0 aromatic heterocycles. The van der Waals surface area contributed by atoms with Crippen LogP contribution in [0.3, 0.4) is 0 Å². The minimum Gasteiger partial charge on any atom is -0.497 e. The van der Waals surface area contributed by atoms with Crippen molar-refractivity contribution in [2.24, 2.45) is 11.8 Å². The first-order valence-corrected chi connectivity index (χ1v) is 9.81. The SMILES string of the molecule is COc1cccc(CNC(=O)C2CN(C)CC3C(=O)N(c4ccccc4)NC23)c1. The molecule has 2 aromatic carbocycles. The molecule has 7 nitrogen and oxygen atoms in total. The van der Waals surface area contributed by atoms with Crippen molar-refractivity contribution in [1.82, 2.24) is 15.6 Å². The molecule has 2 aliphatic rings. The first-order chi connectivity index (χ1) is 14.1. The Hall–Kier alpha value is -2.90. The number of anilines is 1. The minimum absolute atomic E-state index is 0.0124. The van der Waals surface area contributed by atoms with Crippen LogP contribution >= 0.6 is 0 Å². The summed E-state index contributed by atoms with van der Waals surface area (Å²) in [5, 5.41) is 4.63. The lowest BCUT2D eigenvalue weighted by molar-refractivity contribution is -0.129. The van der Waals surface area contributed by atoms with Gasteiger partial charge in [-0.15, -0.1) is 0 Å². The van der Waals surface area contributed by atoms with Crippen LogP contribution in [0.1, 0.15) is 5.56 Å². The molecule has 0 saturated carbocycles. The van der Waals surface area contributed by atoms with E-state index in [9.17, 15) is 9.59 Å². The Bertz CT molecular complexity index is 889. The first-order valence-electron chi connectivity index (χ1n) is 9.81. The molecule has 0 spiro atoms. The van der Waals surface area contributed by atoms with Gasteiger partial charge in [-0.05, 0) is 36.9 Å². The Morgan fingerprint density at radius 1 is 1.17 bits per heavy atom. The van der Waals surface area contributed by atoms with Crippen molar-refractivity contribution >= 4 is 17.5 Å². The molecule has 4 rings (SSSR count). The number of amides is 2. The summed E-state index contributed by atoms with van der Waals surface area (Å²) in [5.41, 5.74) is 5.07. The van der Waals surface area contributed by atoms with Crippen molar-refractivity contribution < 1.29 is 14.3 Å². The van der Waals surface area contributed by atoms with Gasteiger partial charge in [0.05, 0.1) is 30.7 Å². The fraction of sp³-hybridized carbons (Fsp3) is 0.364. The smallest absolute Gasteiger partial charge is 0.247 e. The van der Waals surface area contributed by atoms with Gasteiger partial charge in [-0.3, -0.25) is 9.59 Å². The maximum Gasteiger partial charge on any atom is 0.247 e. The number of nitrogens with one attached hydrogen (secondary N) is 2. The average Bonchev–Trinajstić information content (AvgIpc) is 3.08. The summed E-state index contributed by atoms with van der Waals surface area (Å²) in [5.74, 6) is 0.155. The Labute approximate surface area is 170 Å². The Kier molecular flexibility index (Phi) is 5.51. The van der Waals surface area contributed by atoms with E-state index in [0.29, 0.717) is 19.6 Å². The van der Waals surface area contributed by atoms with Gasteiger partial charge in [-0.25, -0.2) is 10.4 Å². The van der Waals surface area contributed by atoms with E-state index in [1.807, 2.05) is 61.6 Å². The molecular weight excluding hydrogens is 368 g/mol. The molecule has 0 bridgehead atoms. The lowest BCUT2D eigenvalue weighted by atomic mass is 9.84. The number of ether oxygens (including phenoxy) is 1. The van der Waals surface area contributed by atoms with E-state index in [2.05, 4.69) is 15.6 Å². The van der Waals surface area contributed by atoms with Crippen LogP contribution in [0.25, 0.3) is 0 Å². The molecule has 0 aliphatic carbocycles. The van der Waals surface area contributed by atoms with Crippen LogP contribution in [0.2, 0.25) is 0 Å². The van der Waals surface area contributed by atoms with Crippen LogP contribution in [0.5, 0.6) is 5.75 Å². The summed E-state index contributed by atoms with van der Waals surface area (Å²) in [7, 11) is 3.58. The summed E-state index contributed by atoms with van der Waals surface area (Å²) in [6.07, 6.45) is 0. The molecule has 3 unspecified atom stereocenters. The van der Waals surface area contributed by atoms with Gasteiger partial charge in [-0.1, -0.05) is 30.3 Å². The van der Waals surface area contributed by atoms with Gasteiger partial charge < -0.3 is 15.0 Å². The van der Waals surface area contributed by atoms with Gasteiger partial charge in [0.1, 0.15) is 5.75 Å². The molecule has 2 amide bonds. The van der Waals surface area contributed by atoms with Gasteiger partial charge in [-0.2, -0.15) is 0 Å². The summed E-state index contributed by atoms with van der Waals surface area (Å²) in [6.45, 7) is 1.66. The molecule has 2 aliphatic heterocycles. The fourth-order valence-electron chi connectivity index (χ4n) is 4.17. The van der Waals surface area contributed by atoms with Crippen LogP contribution in [0, 0.1) is 11.8 Å². The third-order valence-electron chi connectivity index (χ3n) is 5.65. The molecule has 152 valence electrons. The van der Waals surface area contributed by atoms with E-state index >= 15 is 0 Å². The number of carbonyl (C=O) groups excluding carboxylic acids is 2.